The second-order valence-corrected chi connectivity index (χ2v) is 7.64. The van der Waals surface area contributed by atoms with E-state index >= 15 is 0 Å². The van der Waals surface area contributed by atoms with E-state index in [2.05, 4.69) is 14.9 Å². The molecule has 1 aromatic heterocycles. The minimum atomic E-state index is -4.31. The molecule has 2 aliphatic rings. The lowest BCUT2D eigenvalue weighted by Crippen LogP contribution is -2.24. The van der Waals surface area contributed by atoms with Gasteiger partial charge in [0.2, 0.25) is 5.95 Å². The Morgan fingerprint density at radius 2 is 1.78 bits per heavy atom. The molecule has 0 unspecified atom stereocenters. The van der Waals surface area contributed by atoms with Crippen molar-refractivity contribution in [3.8, 4) is 0 Å². The smallest absolute Gasteiger partial charge is 0.390 e. The van der Waals surface area contributed by atoms with E-state index in [9.17, 15) is 18.3 Å². The Morgan fingerprint density at radius 3 is 2.41 bits per heavy atom. The fourth-order valence-electron chi connectivity index (χ4n) is 4.67. The summed E-state index contributed by atoms with van der Waals surface area (Å²) in [6, 6.07) is 7.72. The quantitative estimate of drug-likeness (QED) is 0.881. The van der Waals surface area contributed by atoms with E-state index in [4.69, 9.17) is 0 Å². The van der Waals surface area contributed by atoms with Crippen molar-refractivity contribution in [2.45, 2.75) is 38.5 Å². The van der Waals surface area contributed by atoms with Gasteiger partial charge in [0.15, 0.2) is 0 Å². The van der Waals surface area contributed by atoms with Crippen molar-refractivity contribution in [2.75, 3.05) is 18.0 Å². The number of hydrogen-bond donors (Lipinski definition) is 1. The minimum absolute atomic E-state index is 0.0496. The number of halogens is 3. The molecule has 0 amide bonds. The lowest BCUT2D eigenvalue weighted by Gasteiger charge is -2.22. The summed E-state index contributed by atoms with van der Waals surface area (Å²) < 4.78 is 40.0. The molecular weight excluding hydrogens is 355 g/mol. The van der Waals surface area contributed by atoms with Crippen LogP contribution >= 0.6 is 0 Å². The van der Waals surface area contributed by atoms with E-state index in [0.29, 0.717) is 29.0 Å². The number of benzene rings is 1. The van der Waals surface area contributed by atoms with Gasteiger partial charge in [-0.1, -0.05) is 18.2 Å². The lowest BCUT2D eigenvalue weighted by atomic mass is 9.91. The van der Waals surface area contributed by atoms with Gasteiger partial charge >= 0.3 is 6.18 Å². The molecule has 1 saturated heterocycles. The van der Waals surface area contributed by atoms with Gasteiger partial charge in [-0.15, -0.1) is 0 Å². The minimum Gasteiger partial charge on any atom is -0.390 e. The number of aryl methyl sites for hydroxylation is 1. The van der Waals surface area contributed by atoms with Crippen LogP contribution in [0.5, 0.6) is 0 Å². The maximum Gasteiger partial charge on any atom is 0.416 e. The van der Waals surface area contributed by atoms with Crippen LogP contribution in [0, 0.1) is 18.8 Å². The van der Waals surface area contributed by atoms with E-state index in [1.54, 1.807) is 18.2 Å². The van der Waals surface area contributed by atoms with Crippen LogP contribution < -0.4 is 4.90 Å². The Hall–Kier alpha value is -2.15. The molecule has 1 aliphatic carbocycles. The number of alkyl halides is 3. The first-order chi connectivity index (χ1) is 12.8. The number of nitrogens with zero attached hydrogens (tertiary/aromatic N) is 3. The molecule has 3 atom stereocenters. The van der Waals surface area contributed by atoms with E-state index in [-0.39, 0.29) is 12.5 Å². The summed E-state index contributed by atoms with van der Waals surface area (Å²) in [5.74, 6) is 1.25. The van der Waals surface area contributed by atoms with E-state index in [1.165, 1.54) is 12.1 Å². The third-order valence-corrected chi connectivity index (χ3v) is 5.80. The highest BCUT2D eigenvalue weighted by Crippen LogP contribution is 2.49. The van der Waals surface area contributed by atoms with Crippen LogP contribution in [0.4, 0.5) is 19.1 Å². The number of aliphatic hydroxyl groups excluding tert-OH is 1. The molecule has 1 saturated carbocycles. The van der Waals surface area contributed by atoms with Gasteiger partial charge in [-0.2, -0.15) is 13.2 Å². The highest BCUT2D eigenvalue weighted by molar-refractivity contribution is 5.38. The van der Waals surface area contributed by atoms with Crippen LogP contribution in [0.2, 0.25) is 0 Å². The van der Waals surface area contributed by atoms with E-state index in [0.717, 1.165) is 31.6 Å². The summed E-state index contributed by atoms with van der Waals surface area (Å²) >= 11 is 0. The third kappa shape index (κ3) is 3.52. The van der Waals surface area contributed by atoms with Gasteiger partial charge in [0, 0.05) is 18.8 Å². The van der Waals surface area contributed by atoms with Crippen molar-refractivity contribution in [2.24, 2.45) is 11.8 Å². The first kappa shape index (κ1) is 18.2. The molecule has 1 aliphatic heterocycles. The average Bonchev–Trinajstić information content (AvgIpc) is 3.19. The van der Waals surface area contributed by atoms with Crippen LogP contribution in [0.15, 0.2) is 30.3 Å². The first-order valence-electron chi connectivity index (χ1n) is 9.21. The third-order valence-electron chi connectivity index (χ3n) is 5.80. The van der Waals surface area contributed by atoms with Crippen molar-refractivity contribution in [3.63, 3.8) is 0 Å². The van der Waals surface area contributed by atoms with Crippen LogP contribution in [0.3, 0.4) is 0 Å². The average molecular weight is 377 g/mol. The molecule has 2 heterocycles. The van der Waals surface area contributed by atoms with Crippen LogP contribution in [-0.4, -0.2) is 28.2 Å². The van der Waals surface area contributed by atoms with Crippen molar-refractivity contribution in [1.82, 2.24) is 9.97 Å². The first-order valence-corrected chi connectivity index (χ1v) is 9.21. The van der Waals surface area contributed by atoms with Crippen molar-refractivity contribution in [1.29, 1.82) is 0 Å². The summed E-state index contributed by atoms with van der Waals surface area (Å²) in [5.41, 5.74) is 1.33. The molecule has 27 heavy (non-hydrogen) atoms. The molecule has 0 bridgehead atoms. The Kier molecular flexibility index (Phi) is 4.58. The SMILES string of the molecule is Cc1cc(CO)nc(N2C[C@H]3C[C@@H](c4ccccc4C(F)(F)F)C[C@H]3C2)n1. The number of hydrogen-bond acceptors (Lipinski definition) is 4. The van der Waals surface area contributed by atoms with Gasteiger partial charge in [0.25, 0.3) is 0 Å². The van der Waals surface area contributed by atoms with Gasteiger partial charge in [-0.05, 0) is 55.2 Å². The second-order valence-electron chi connectivity index (χ2n) is 7.64. The van der Waals surface area contributed by atoms with E-state index in [1.807, 2.05) is 6.92 Å². The van der Waals surface area contributed by atoms with Crippen LogP contribution in [-0.2, 0) is 12.8 Å². The number of anilines is 1. The van der Waals surface area contributed by atoms with Gasteiger partial charge < -0.3 is 10.0 Å². The number of fused-ring (bicyclic) bond motifs is 1. The monoisotopic (exact) mass is 377 g/mol. The molecule has 7 heteroatoms. The molecule has 1 aromatic carbocycles. The molecule has 2 fully saturated rings. The highest BCUT2D eigenvalue weighted by Gasteiger charge is 2.44. The van der Waals surface area contributed by atoms with Crippen molar-refractivity contribution < 1.29 is 18.3 Å². The zero-order valence-electron chi connectivity index (χ0n) is 15.1. The molecule has 0 radical (unpaired) electrons. The standard InChI is InChI=1S/C20H22F3N3O/c1-12-6-16(11-27)25-19(24-12)26-9-14-7-13(8-15(14)10-26)17-4-2-3-5-18(17)20(21,22)23/h2-6,13-15,27H,7-11H2,1H3/t13-,14-,15+. The number of aromatic nitrogens is 2. The number of aliphatic hydroxyl groups is 1. The van der Waals surface area contributed by atoms with Gasteiger partial charge in [-0.3, -0.25) is 0 Å². The molecular formula is C20H22F3N3O. The maximum absolute atomic E-state index is 13.3. The Morgan fingerprint density at radius 1 is 1.11 bits per heavy atom. The van der Waals surface area contributed by atoms with Crippen molar-refractivity contribution in [3.05, 3.63) is 52.8 Å². The molecule has 1 N–H and O–H groups in total. The fraction of sp³-hybridized carbons (Fsp3) is 0.500. The van der Waals surface area contributed by atoms with E-state index < -0.39 is 11.7 Å². The Balaban J connectivity index is 1.50. The number of rotatable bonds is 3. The summed E-state index contributed by atoms with van der Waals surface area (Å²) in [7, 11) is 0. The summed E-state index contributed by atoms with van der Waals surface area (Å²) in [6.07, 6.45) is -2.80. The predicted octanol–water partition coefficient (Wildman–Crippen LogP) is 3.93. The summed E-state index contributed by atoms with van der Waals surface area (Å²) in [4.78, 5) is 11.0. The predicted molar refractivity (Wildman–Crippen MR) is 95.3 cm³/mol. The van der Waals surface area contributed by atoms with Gasteiger partial charge in [-0.25, -0.2) is 9.97 Å². The van der Waals surface area contributed by atoms with Gasteiger partial charge in [0.1, 0.15) is 0 Å². The molecule has 4 rings (SSSR count). The molecule has 4 nitrogen and oxygen atoms in total. The zero-order valence-corrected chi connectivity index (χ0v) is 15.1. The lowest BCUT2D eigenvalue weighted by molar-refractivity contribution is -0.138. The molecule has 144 valence electrons. The largest absolute Gasteiger partial charge is 0.416 e. The maximum atomic E-state index is 13.3. The van der Waals surface area contributed by atoms with Crippen LogP contribution in [0.25, 0.3) is 0 Å². The molecule has 2 aromatic rings. The normalized spacial score (nSPS) is 25.1. The highest BCUT2D eigenvalue weighted by atomic mass is 19.4. The zero-order chi connectivity index (χ0) is 19.2. The fourth-order valence-corrected chi connectivity index (χ4v) is 4.67. The summed E-state index contributed by atoms with van der Waals surface area (Å²) in [5, 5.41) is 9.34. The van der Waals surface area contributed by atoms with Gasteiger partial charge in [0.05, 0.1) is 17.9 Å². The Labute approximate surface area is 156 Å². The van der Waals surface area contributed by atoms with Crippen molar-refractivity contribution >= 4 is 5.95 Å². The Bertz CT molecular complexity index is 825. The molecule has 0 spiro atoms. The van der Waals surface area contributed by atoms with Crippen LogP contribution in [0.1, 0.15) is 41.3 Å². The topological polar surface area (TPSA) is 49.3 Å². The second kappa shape index (κ2) is 6.78. The summed E-state index contributed by atoms with van der Waals surface area (Å²) in [6.45, 7) is 3.24.